The van der Waals surface area contributed by atoms with Gasteiger partial charge < -0.3 is 24.2 Å². The van der Waals surface area contributed by atoms with Gasteiger partial charge in [0.25, 0.3) is 5.91 Å². The standard InChI is InChI=1S/C35H43FN8O5/c1-4-44(23(2)3)34(46)26-18-24(36)6-7-29(26)49-31-19-37-22-39-33(31)42-16-9-25(10-17-42)48-30-8-12-38-28-11-15-41(20-27(28)30)13-5-14-43-21-32(45)40-35(43)47/h6-8,12,18-19,22-23,25H,4-5,9-11,13-17,20-21H2,1-3H3,(H,40,45,47). The van der Waals surface area contributed by atoms with E-state index >= 15 is 0 Å². The maximum absolute atomic E-state index is 14.3. The van der Waals surface area contributed by atoms with Crippen LogP contribution >= 0.6 is 0 Å². The van der Waals surface area contributed by atoms with E-state index in [2.05, 4.69) is 30.1 Å². The molecule has 1 aromatic carbocycles. The minimum Gasteiger partial charge on any atom is -0.490 e. The molecule has 14 heteroatoms. The number of nitrogens with zero attached hydrogens (tertiary/aromatic N) is 7. The fraction of sp³-hybridized carbons (Fsp3) is 0.486. The monoisotopic (exact) mass is 674 g/mol. The lowest BCUT2D eigenvalue weighted by molar-refractivity contribution is -0.118. The summed E-state index contributed by atoms with van der Waals surface area (Å²) in [5, 5.41) is 2.32. The zero-order valence-corrected chi connectivity index (χ0v) is 28.2. The van der Waals surface area contributed by atoms with Crippen LogP contribution in [0.3, 0.4) is 0 Å². The Balaban J connectivity index is 1.08. The number of anilines is 1. The van der Waals surface area contributed by atoms with Crippen molar-refractivity contribution in [1.29, 1.82) is 0 Å². The number of halogens is 1. The van der Waals surface area contributed by atoms with Gasteiger partial charge in [-0.1, -0.05) is 0 Å². The van der Waals surface area contributed by atoms with Crippen LogP contribution in [0.15, 0.2) is 43.0 Å². The highest BCUT2D eigenvalue weighted by Gasteiger charge is 2.29. The number of benzene rings is 1. The summed E-state index contributed by atoms with van der Waals surface area (Å²) < 4.78 is 27.2. The molecule has 4 amide bonds. The number of pyridine rings is 1. The molecule has 6 rings (SSSR count). The fourth-order valence-electron chi connectivity index (χ4n) is 6.68. The third-order valence-electron chi connectivity index (χ3n) is 9.23. The second-order valence-corrected chi connectivity index (χ2v) is 12.8. The van der Waals surface area contributed by atoms with E-state index in [4.69, 9.17) is 9.47 Å². The predicted molar refractivity (Wildman–Crippen MR) is 179 cm³/mol. The molecule has 3 aliphatic heterocycles. The van der Waals surface area contributed by atoms with Gasteiger partial charge in [0.15, 0.2) is 11.6 Å². The van der Waals surface area contributed by atoms with Crippen LogP contribution in [0.2, 0.25) is 0 Å². The van der Waals surface area contributed by atoms with Crippen molar-refractivity contribution >= 4 is 23.7 Å². The average Bonchev–Trinajstić information content (AvgIpc) is 3.42. The van der Waals surface area contributed by atoms with Crippen LogP contribution in [-0.4, -0.2) is 105 Å². The van der Waals surface area contributed by atoms with Crippen molar-refractivity contribution in [3.05, 3.63) is 65.6 Å². The second-order valence-electron chi connectivity index (χ2n) is 12.8. The molecule has 0 radical (unpaired) electrons. The van der Waals surface area contributed by atoms with Crippen molar-refractivity contribution in [1.82, 2.24) is 35.0 Å². The number of carbonyl (C=O) groups is 3. The number of urea groups is 1. The molecule has 2 aromatic heterocycles. The van der Waals surface area contributed by atoms with Crippen LogP contribution in [0, 0.1) is 5.82 Å². The second kappa shape index (κ2) is 15.1. The molecule has 0 unspecified atom stereocenters. The number of carbonyl (C=O) groups excluding carboxylic acids is 3. The van der Waals surface area contributed by atoms with Crippen molar-refractivity contribution < 1.29 is 28.2 Å². The molecule has 0 spiro atoms. The van der Waals surface area contributed by atoms with Gasteiger partial charge in [-0.15, -0.1) is 0 Å². The first-order valence-corrected chi connectivity index (χ1v) is 17.0. The maximum Gasteiger partial charge on any atom is 0.324 e. The van der Waals surface area contributed by atoms with Crippen LogP contribution in [0.1, 0.15) is 61.6 Å². The maximum atomic E-state index is 14.3. The molecular weight excluding hydrogens is 631 g/mol. The molecule has 49 heavy (non-hydrogen) atoms. The van der Waals surface area contributed by atoms with Crippen LogP contribution < -0.4 is 19.7 Å². The van der Waals surface area contributed by atoms with Crippen molar-refractivity contribution in [2.75, 3.05) is 50.7 Å². The average molecular weight is 675 g/mol. The predicted octanol–water partition coefficient (Wildman–Crippen LogP) is 4.02. The number of piperidine rings is 1. The van der Waals surface area contributed by atoms with E-state index in [-0.39, 0.29) is 47.8 Å². The Morgan fingerprint density at radius 1 is 1.06 bits per heavy atom. The highest BCUT2D eigenvalue weighted by atomic mass is 19.1. The first-order chi connectivity index (χ1) is 23.7. The summed E-state index contributed by atoms with van der Waals surface area (Å²) >= 11 is 0. The Morgan fingerprint density at radius 2 is 1.88 bits per heavy atom. The summed E-state index contributed by atoms with van der Waals surface area (Å²) in [6, 6.07) is 5.52. The fourth-order valence-corrected chi connectivity index (χ4v) is 6.68. The van der Waals surface area contributed by atoms with Crippen LogP contribution in [0.25, 0.3) is 0 Å². The molecule has 2 saturated heterocycles. The van der Waals surface area contributed by atoms with Gasteiger partial charge in [-0.25, -0.2) is 19.2 Å². The van der Waals surface area contributed by atoms with Crippen molar-refractivity contribution in [2.45, 2.75) is 65.1 Å². The minimum absolute atomic E-state index is 0.00655. The molecule has 0 bridgehead atoms. The van der Waals surface area contributed by atoms with Gasteiger partial charge in [-0.2, -0.15) is 0 Å². The van der Waals surface area contributed by atoms with Crippen molar-refractivity contribution in [3.63, 3.8) is 0 Å². The molecule has 1 N–H and O–H groups in total. The Hall–Kier alpha value is -4.85. The molecule has 0 aliphatic carbocycles. The molecule has 3 aliphatic rings. The lowest BCUT2D eigenvalue weighted by Crippen LogP contribution is -2.39. The third-order valence-corrected chi connectivity index (χ3v) is 9.23. The van der Waals surface area contributed by atoms with Gasteiger partial charge in [0.1, 0.15) is 36.3 Å². The van der Waals surface area contributed by atoms with E-state index < -0.39 is 5.82 Å². The highest BCUT2D eigenvalue weighted by molar-refractivity contribution is 6.01. The molecule has 0 atom stereocenters. The number of rotatable bonds is 12. The summed E-state index contributed by atoms with van der Waals surface area (Å²) in [7, 11) is 0. The summed E-state index contributed by atoms with van der Waals surface area (Å²) in [6.07, 6.45) is 7.93. The van der Waals surface area contributed by atoms with Gasteiger partial charge in [-0.3, -0.25) is 24.8 Å². The Kier molecular flexibility index (Phi) is 10.5. The number of hydrogen-bond donors (Lipinski definition) is 1. The number of aromatic nitrogens is 3. The minimum atomic E-state index is -0.517. The topological polar surface area (TPSA) is 133 Å². The normalized spacial score (nSPS) is 16.9. The van der Waals surface area contributed by atoms with Gasteiger partial charge in [-0.05, 0) is 51.5 Å². The van der Waals surface area contributed by atoms with Crippen LogP contribution in [-0.2, 0) is 17.8 Å². The van der Waals surface area contributed by atoms with Crippen LogP contribution in [0.4, 0.5) is 15.0 Å². The van der Waals surface area contributed by atoms with E-state index in [1.54, 1.807) is 16.0 Å². The smallest absolute Gasteiger partial charge is 0.324 e. The SMILES string of the molecule is CCN(C(=O)c1cc(F)ccc1Oc1cncnc1N1CCC(Oc2ccnc3c2CN(CCCN2CC(=O)NC2=O)CC3)CC1)C(C)C. The number of imide groups is 1. The van der Waals surface area contributed by atoms with E-state index in [1.165, 1.54) is 24.5 Å². The Bertz CT molecular complexity index is 1680. The zero-order chi connectivity index (χ0) is 34.5. The lowest BCUT2D eigenvalue weighted by Gasteiger charge is -2.35. The van der Waals surface area contributed by atoms with Gasteiger partial charge >= 0.3 is 6.03 Å². The molecule has 13 nitrogen and oxygen atoms in total. The van der Waals surface area contributed by atoms with Crippen molar-refractivity contribution in [2.24, 2.45) is 0 Å². The molecule has 3 aromatic rings. The molecule has 5 heterocycles. The van der Waals surface area contributed by atoms with Crippen molar-refractivity contribution in [3.8, 4) is 17.2 Å². The molecular formula is C35H43FN8O5. The van der Waals surface area contributed by atoms with E-state index in [1.807, 2.05) is 33.0 Å². The largest absolute Gasteiger partial charge is 0.490 e. The number of ether oxygens (including phenoxy) is 2. The Labute approximate surface area is 285 Å². The van der Waals surface area contributed by atoms with Crippen LogP contribution in [0.5, 0.6) is 17.2 Å². The third kappa shape index (κ3) is 7.90. The summed E-state index contributed by atoms with van der Waals surface area (Å²) in [6.45, 7) is 10.6. The summed E-state index contributed by atoms with van der Waals surface area (Å²) in [5.74, 6) is 0.998. The molecule has 0 saturated carbocycles. The number of nitrogens with one attached hydrogen (secondary N) is 1. The summed E-state index contributed by atoms with van der Waals surface area (Å²) in [4.78, 5) is 57.7. The lowest BCUT2D eigenvalue weighted by atomic mass is 10.0. The Morgan fingerprint density at radius 3 is 2.61 bits per heavy atom. The number of fused-ring (bicyclic) bond motifs is 1. The number of hydrogen-bond acceptors (Lipinski definition) is 10. The number of amides is 4. The zero-order valence-electron chi connectivity index (χ0n) is 28.2. The van der Waals surface area contributed by atoms with Gasteiger partial charge in [0, 0.05) is 88.6 Å². The van der Waals surface area contributed by atoms with Gasteiger partial charge in [0.2, 0.25) is 5.91 Å². The molecule has 2 fully saturated rings. The summed E-state index contributed by atoms with van der Waals surface area (Å²) in [5.41, 5.74) is 2.29. The van der Waals surface area contributed by atoms with E-state index in [0.29, 0.717) is 44.3 Å². The van der Waals surface area contributed by atoms with E-state index in [9.17, 15) is 18.8 Å². The van der Waals surface area contributed by atoms with Gasteiger partial charge in [0.05, 0.1) is 11.8 Å². The quantitative estimate of drug-likeness (QED) is 0.281. The first kappa shape index (κ1) is 34.0. The highest BCUT2D eigenvalue weighted by Crippen LogP contribution is 2.35. The van der Waals surface area contributed by atoms with E-state index in [0.717, 1.165) is 55.8 Å². The first-order valence-electron chi connectivity index (χ1n) is 17.0. The molecule has 260 valence electrons.